The van der Waals surface area contributed by atoms with E-state index in [1.807, 2.05) is 23.1 Å². The van der Waals surface area contributed by atoms with Gasteiger partial charge in [-0.1, -0.05) is 12.1 Å². The third-order valence-corrected chi connectivity index (χ3v) is 3.69. The number of nitrogens with zero attached hydrogens (tertiary/aromatic N) is 3. The summed E-state index contributed by atoms with van der Waals surface area (Å²) in [4.78, 5) is 25.7. The molecule has 1 saturated heterocycles. The second-order valence-corrected chi connectivity index (χ2v) is 5.45. The monoisotopic (exact) mass is 298 g/mol. The summed E-state index contributed by atoms with van der Waals surface area (Å²) in [6, 6.07) is 9.09. The molecule has 1 N–H and O–H groups in total. The van der Waals surface area contributed by atoms with Gasteiger partial charge in [0.25, 0.3) is 5.91 Å². The van der Waals surface area contributed by atoms with E-state index in [4.69, 9.17) is 0 Å². The Balaban J connectivity index is 1.70. The van der Waals surface area contributed by atoms with Crippen molar-refractivity contribution < 1.29 is 9.59 Å². The standard InChI is InChI=1S/C16H18N4O2/c1-19-9-7-14(18-19)17-16(22)13-5-2-4-12(10-13)11-20-8-3-6-15(20)21/h2,4-5,7,9-10H,3,6,8,11H2,1H3,(H,17,18,22). The van der Waals surface area contributed by atoms with E-state index in [-0.39, 0.29) is 11.8 Å². The van der Waals surface area contributed by atoms with Gasteiger partial charge in [-0.2, -0.15) is 5.10 Å². The summed E-state index contributed by atoms with van der Waals surface area (Å²) >= 11 is 0. The molecule has 2 aromatic rings. The molecule has 1 aliphatic heterocycles. The smallest absolute Gasteiger partial charge is 0.256 e. The number of likely N-dealkylation sites (tertiary alicyclic amines) is 1. The quantitative estimate of drug-likeness (QED) is 0.936. The number of aryl methyl sites for hydroxylation is 1. The predicted octanol–water partition coefficient (Wildman–Crippen LogP) is 1.79. The van der Waals surface area contributed by atoms with Crippen LogP contribution in [-0.2, 0) is 18.4 Å². The molecule has 114 valence electrons. The zero-order valence-electron chi connectivity index (χ0n) is 12.5. The molecule has 2 amide bonds. The molecule has 0 saturated carbocycles. The Morgan fingerprint density at radius 2 is 2.23 bits per heavy atom. The van der Waals surface area contributed by atoms with Crippen LogP contribution in [0.4, 0.5) is 5.82 Å². The number of amides is 2. The minimum absolute atomic E-state index is 0.184. The number of carbonyl (C=O) groups excluding carboxylic acids is 2. The van der Waals surface area contributed by atoms with Crippen molar-refractivity contribution in [1.82, 2.24) is 14.7 Å². The molecule has 6 heteroatoms. The fourth-order valence-electron chi connectivity index (χ4n) is 2.57. The third kappa shape index (κ3) is 3.16. The zero-order chi connectivity index (χ0) is 15.5. The molecule has 1 aromatic carbocycles. The molecule has 1 fully saturated rings. The summed E-state index contributed by atoms with van der Waals surface area (Å²) in [5.41, 5.74) is 1.53. The van der Waals surface area contributed by atoms with Crippen molar-refractivity contribution in [3.8, 4) is 0 Å². The second-order valence-electron chi connectivity index (χ2n) is 5.45. The van der Waals surface area contributed by atoms with Crippen LogP contribution >= 0.6 is 0 Å². The largest absolute Gasteiger partial charge is 0.338 e. The van der Waals surface area contributed by atoms with E-state index in [1.165, 1.54) is 0 Å². The number of carbonyl (C=O) groups is 2. The normalized spacial score (nSPS) is 14.4. The molecule has 0 atom stereocenters. The first-order valence-corrected chi connectivity index (χ1v) is 7.29. The average Bonchev–Trinajstić information content (AvgIpc) is 3.08. The van der Waals surface area contributed by atoms with Crippen LogP contribution in [0, 0.1) is 0 Å². The summed E-state index contributed by atoms with van der Waals surface area (Å²) in [5, 5.41) is 6.88. The van der Waals surface area contributed by atoms with Crippen molar-refractivity contribution >= 4 is 17.6 Å². The number of hydrogen-bond donors (Lipinski definition) is 1. The lowest BCUT2D eigenvalue weighted by Gasteiger charge is -2.15. The SMILES string of the molecule is Cn1ccc(NC(=O)c2cccc(CN3CCCC3=O)c2)n1. The van der Waals surface area contributed by atoms with Crippen molar-refractivity contribution in [2.75, 3.05) is 11.9 Å². The minimum Gasteiger partial charge on any atom is -0.338 e. The van der Waals surface area contributed by atoms with Crippen molar-refractivity contribution in [2.24, 2.45) is 7.05 Å². The van der Waals surface area contributed by atoms with Crippen LogP contribution in [0.2, 0.25) is 0 Å². The highest BCUT2D eigenvalue weighted by molar-refractivity contribution is 6.03. The van der Waals surface area contributed by atoms with Gasteiger partial charge in [-0.15, -0.1) is 0 Å². The van der Waals surface area contributed by atoms with E-state index in [9.17, 15) is 9.59 Å². The van der Waals surface area contributed by atoms with Gasteiger partial charge in [0.1, 0.15) is 0 Å². The summed E-state index contributed by atoms with van der Waals surface area (Å²) in [6.45, 7) is 1.35. The van der Waals surface area contributed by atoms with Crippen LogP contribution in [-0.4, -0.2) is 33.0 Å². The Morgan fingerprint density at radius 3 is 2.91 bits per heavy atom. The number of rotatable bonds is 4. The van der Waals surface area contributed by atoms with Gasteiger partial charge < -0.3 is 10.2 Å². The molecule has 1 aliphatic rings. The predicted molar refractivity (Wildman–Crippen MR) is 82.3 cm³/mol. The maximum Gasteiger partial charge on any atom is 0.256 e. The summed E-state index contributed by atoms with van der Waals surface area (Å²) in [6.07, 6.45) is 3.31. The molecule has 22 heavy (non-hydrogen) atoms. The Morgan fingerprint density at radius 1 is 1.36 bits per heavy atom. The van der Waals surface area contributed by atoms with Gasteiger partial charge in [-0.25, -0.2) is 0 Å². The number of benzene rings is 1. The molecule has 0 aliphatic carbocycles. The fraction of sp³-hybridized carbons (Fsp3) is 0.312. The van der Waals surface area contributed by atoms with Gasteiger partial charge in [0.2, 0.25) is 5.91 Å². The maximum atomic E-state index is 12.2. The molecule has 1 aromatic heterocycles. The molecule has 0 unspecified atom stereocenters. The van der Waals surface area contributed by atoms with E-state index in [1.54, 1.807) is 30.1 Å². The van der Waals surface area contributed by atoms with Crippen LogP contribution < -0.4 is 5.32 Å². The highest BCUT2D eigenvalue weighted by Crippen LogP contribution is 2.15. The van der Waals surface area contributed by atoms with Crippen LogP contribution in [0.25, 0.3) is 0 Å². The molecule has 0 bridgehead atoms. The second kappa shape index (κ2) is 6.01. The summed E-state index contributed by atoms with van der Waals surface area (Å²) in [5.74, 6) is 0.504. The molecule has 0 spiro atoms. The maximum absolute atomic E-state index is 12.2. The number of nitrogens with one attached hydrogen (secondary N) is 1. The first-order valence-electron chi connectivity index (χ1n) is 7.29. The highest BCUT2D eigenvalue weighted by atomic mass is 16.2. The van der Waals surface area contributed by atoms with Gasteiger partial charge in [0, 0.05) is 44.4 Å². The lowest BCUT2D eigenvalue weighted by atomic mass is 10.1. The average molecular weight is 298 g/mol. The van der Waals surface area contributed by atoms with Crippen molar-refractivity contribution in [3.05, 3.63) is 47.7 Å². The first-order chi connectivity index (χ1) is 10.6. The molecular weight excluding hydrogens is 280 g/mol. The number of aromatic nitrogens is 2. The van der Waals surface area contributed by atoms with Gasteiger partial charge in [0.05, 0.1) is 0 Å². The topological polar surface area (TPSA) is 67.2 Å². The van der Waals surface area contributed by atoms with Crippen molar-refractivity contribution in [1.29, 1.82) is 0 Å². The van der Waals surface area contributed by atoms with E-state index in [0.717, 1.165) is 18.5 Å². The van der Waals surface area contributed by atoms with Gasteiger partial charge in [0.15, 0.2) is 5.82 Å². The Bertz CT molecular complexity index is 708. The van der Waals surface area contributed by atoms with Crippen LogP contribution in [0.1, 0.15) is 28.8 Å². The molecule has 2 heterocycles. The minimum atomic E-state index is -0.201. The van der Waals surface area contributed by atoms with E-state index in [0.29, 0.717) is 24.3 Å². The van der Waals surface area contributed by atoms with E-state index >= 15 is 0 Å². The van der Waals surface area contributed by atoms with Crippen molar-refractivity contribution in [3.63, 3.8) is 0 Å². The lowest BCUT2D eigenvalue weighted by Crippen LogP contribution is -2.24. The highest BCUT2D eigenvalue weighted by Gasteiger charge is 2.20. The number of anilines is 1. The van der Waals surface area contributed by atoms with Crippen molar-refractivity contribution in [2.45, 2.75) is 19.4 Å². The molecular formula is C16H18N4O2. The van der Waals surface area contributed by atoms with Crippen LogP contribution in [0.15, 0.2) is 36.5 Å². The molecule has 6 nitrogen and oxygen atoms in total. The summed E-state index contributed by atoms with van der Waals surface area (Å²) in [7, 11) is 1.79. The van der Waals surface area contributed by atoms with Gasteiger partial charge in [-0.05, 0) is 24.1 Å². The zero-order valence-corrected chi connectivity index (χ0v) is 12.5. The summed E-state index contributed by atoms with van der Waals surface area (Å²) < 4.78 is 1.63. The van der Waals surface area contributed by atoms with E-state index < -0.39 is 0 Å². The van der Waals surface area contributed by atoms with Crippen LogP contribution in [0.3, 0.4) is 0 Å². The van der Waals surface area contributed by atoms with Gasteiger partial charge >= 0.3 is 0 Å². The van der Waals surface area contributed by atoms with E-state index in [2.05, 4.69) is 10.4 Å². The van der Waals surface area contributed by atoms with Gasteiger partial charge in [-0.3, -0.25) is 14.3 Å². The lowest BCUT2D eigenvalue weighted by molar-refractivity contribution is -0.128. The third-order valence-electron chi connectivity index (χ3n) is 3.69. The van der Waals surface area contributed by atoms with Crippen LogP contribution in [0.5, 0.6) is 0 Å². The fourth-order valence-corrected chi connectivity index (χ4v) is 2.57. The number of hydrogen-bond acceptors (Lipinski definition) is 3. The Labute approximate surface area is 128 Å². The molecule has 0 radical (unpaired) electrons. The molecule has 3 rings (SSSR count). The Hall–Kier alpha value is -2.63. The Kier molecular flexibility index (Phi) is 3.91. The first kappa shape index (κ1) is 14.3.